The standard InChI is InChI=1S/C29H24FN5O2/c1-34(29(36)21-11-24-23(12-22(21)30)33-28(31)25-13-32-15-35(24)25)26-14-37-27-9-17(7-8-18(26)27)20-10-19(20)16-5-3-2-4-6-16/h2-9,11-13,15,19-20,26H,10,14H2,1H3,(H2,31,33)/t19-,20-,26+/m0/s1. The van der Waals surface area contributed by atoms with Gasteiger partial charge in [0.25, 0.3) is 5.91 Å². The molecular formula is C29H24FN5O2. The predicted octanol–water partition coefficient (Wildman–Crippen LogP) is 5.08. The zero-order valence-electron chi connectivity index (χ0n) is 20.1. The molecule has 2 aliphatic rings. The van der Waals surface area contributed by atoms with Crippen molar-refractivity contribution < 1.29 is 13.9 Å². The predicted molar refractivity (Wildman–Crippen MR) is 138 cm³/mol. The van der Waals surface area contributed by atoms with Gasteiger partial charge in [-0.05, 0) is 41.5 Å². The number of rotatable bonds is 4. The van der Waals surface area contributed by atoms with Gasteiger partial charge >= 0.3 is 0 Å². The van der Waals surface area contributed by atoms with Crippen LogP contribution in [0.3, 0.4) is 0 Å². The van der Waals surface area contributed by atoms with E-state index in [9.17, 15) is 4.79 Å². The van der Waals surface area contributed by atoms with E-state index in [0.29, 0.717) is 35.0 Å². The van der Waals surface area contributed by atoms with E-state index < -0.39 is 11.7 Å². The van der Waals surface area contributed by atoms with Crippen LogP contribution < -0.4 is 10.5 Å². The number of hydrogen-bond acceptors (Lipinski definition) is 5. The molecule has 0 radical (unpaired) electrons. The number of hydrogen-bond donors (Lipinski definition) is 1. The number of carbonyl (C=O) groups is 1. The fourth-order valence-corrected chi connectivity index (χ4v) is 5.59. The number of amides is 1. The van der Waals surface area contributed by atoms with Crippen molar-refractivity contribution in [1.82, 2.24) is 19.3 Å². The highest BCUT2D eigenvalue weighted by Crippen LogP contribution is 2.55. The molecule has 184 valence electrons. The fraction of sp³-hybridized carbons (Fsp3) is 0.207. The van der Waals surface area contributed by atoms with Crippen LogP contribution in [-0.4, -0.2) is 38.8 Å². The summed E-state index contributed by atoms with van der Waals surface area (Å²) in [5.41, 5.74) is 11.0. The van der Waals surface area contributed by atoms with Gasteiger partial charge in [-0.25, -0.2) is 14.4 Å². The lowest BCUT2D eigenvalue weighted by atomic mass is 10.00. The molecule has 8 heteroatoms. The minimum Gasteiger partial charge on any atom is -0.491 e. The first-order valence-electron chi connectivity index (χ1n) is 12.3. The molecule has 5 aromatic rings. The topological polar surface area (TPSA) is 85.8 Å². The normalized spacial score (nSPS) is 20.1. The Hall–Kier alpha value is -4.46. The van der Waals surface area contributed by atoms with Crippen molar-refractivity contribution in [3.63, 3.8) is 0 Å². The van der Waals surface area contributed by atoms with Gasteiger partial charge in [-0.3, -0.25) is 9.20 Å². The zero-order chi connectivity index (χ0) is 25.3. The lowest BCUT2D eigenvalue weighted by molar-refractivity contribution is 0.0704. The Balaban J connectivity index is 1.17. The molecule has 0 spiro atoms. The molecule has 1 aliphatic heterocycles. The summed E-state index contributed by atoms with van der Waals surface area (Å²) in [7, 11) is 1.68. The van der Waals surface area contributed by atoms with Crippen LogP contribution in [-0.2, 0) is 0 Å². The number of aromatic nitrogens is 3. The smallest absolute Gasteiger partial charge is 0.257 e. The van der Waals surface area contributed by atoms with Crippen molar-refractivity contribution in [3.05, 3.63) is 101 Å². The van der Waals surface area contributed by atoms with Gasteiger partial charge in [0.05, 0.1) is 35.2 Å². The molecule has 7 nitrogen and oxygen atoms in total. The van der Waals surface area contributed by atoms with Gasteiger partial charge in [0.1, 0.15) is 29.5 Å². The van der Waals surface area contributed by atoms with E-state index in [2.05, 4.69) is 46.4 Å². The van der Waals surface area contributed by atoms with Crippen LogP contribution in [0.25, 0.3) is 16.6 Å². The molecule has 1 amide bonds. The number of benzene rings is 3. The van der Waals surface area contributed by atoms with E-state index in [4.69, 9.17) is 10.5 Å². The maximum absolute atomic E-state index is 15.1. The molecule has 2 N–H and O–H groups in total. The van der Waals surface area contributed by atoms with E-state index in [1.54, 1.807) is 28.9 Å². The summed E-state index contributed by atoms with van der Waals surface area (Å²) in [5.74, 6) is 0.972. The second kappa shape index (κ2) is 8.03. The Morgan fingerprint density at radius 2 is 1.89 bits per heavy atom. The molecule has 1 saturated carbocycles. The Labute approximate surface area is 212 Å². The number of imidazole rings is 1. The van der Waals surface area contributed by atoms with E-state index in [1.165, 1.54) is 23.3 Å². The molecule has 0 saturated heterocycles. The van der Waals surface area contributed by atoms with Gasteiger partial charge in [0.15, 0.2) is 0 Å². The van der Waals surface area contributed by atoms with Crippen LogP contribution in [0.4, 0.5) is 10.2 Å². The monoisotopic (exact) mass is 493 g/mol. The maximum atomic E-state index is 15.1. The maximum Gasteiger partial charge on any atom is 0.257 e. The van der Waals surface area contributed by atoms with Gasteiger partial charge in [-0.1, -0.05) is 42.5 Å². The third-order valence-electron chi connectivity index (χ3n) is 7.72. The molecule has 2 aromatic heterocycles. The second-order valence-corrected chi connectivity index (χ2v) is 9.87. The van der Waals surface area contributed by atoms with Crippen LogP contribution in [0.1, 0.15) is 51.3 Å². The van der Waals surface area contributed by atoms with Gasteiger partial charge in [0.2, 0.25) is 0 Å². The molecule has 7 rings (SSSR count). The molecule has 1 aliphatic carbocycles. The quantitative estimate of drug-likeness (QED) is 0.377. The summed E-state index contributed by atoms with van der Waals surface area (Å²) in [6.45, 7) is 0.326. The Kier molecular flexibility index (Phi) is 4.73. The van der Waals surface area contributed by atoms with Gasteiger partial charge in [-0.15, -0.1) is 0 Å². The summed E-state index contributed by atoms with van der Waals surface area (Å²) >= 11 is 0. The number of carbonyl (C=O) groups excluding carboxylic acids is 1. The summed E-state index contributed by atoms with van der Waals surface area (Å²) in [6, 6.07) is 19.3. The van der Waals surface area contributed by atoms with Crippen LogP contribution in [0, 0.1) is 5.82 Å². The zero-order valence-corrected chi connectivity index (χ0v) is 20.1. The van der Waals surface area contributed by atoms with Crippen LogP contribution in [0.5, 0.6) is 5.75 Å². The summed E-state index contributed by atoms with van der Waals surface area (Å²) in [5, 5.41) is 0. The lowest BCUT2D eigenvalue weighted by Gasteiger charge is -2.24. The molecule has 37 heavy (non-hydrogen) atoms. The van der Waals surface area contributed by atoms with E-state index >= 15 is 4.39 Å². The van der Waals surface area contributed by atoms with E-state index in [1.807, 2.05) is 12.1 Å². The van der Waals surface area contributed by atoms with Crippen LogP contribution in [0.2, 0.25) is 0 Å². The molecule has 1 fully saturated rings. The average molecular weight is 494 g/mol. The second-order valence-electron chi connectivity index (χ2n) is 9.87. The van der Waals surface area contributed by atoms with Crippen molar-refractivity contribution in [1.29, 1.82) is 0 Å². The number of ether oxygens (including phenoxy) is 1. The van der Waals surface area contributed by atoms with Crippen molar-refractivity contribution in [2.75, 3.05) is 19.4 Å². The van der Waals surface area contributed by atoms with Gasteiger partial charge in [0, 0.05) is 18.7 Å². The molecule has 3 aromatic carbocycles. The Bertz CT molecular complexity index is 1700. The highest BCUT2D eigenvalue weighted by Gasteiger charge is 2.40. The van der Waals surface area contributed by atoms with Crippen molar-refractivity contribution >= 4 is 28.3 Å². The summed E-state index contributed by atoms with van der Waals surface area (Å²) in [4.78, 5) is 23.4. The number of nitrogens with zero attached hydrogens (tertiary/aromatic N) is 4. The Morgan fingerprint density at radius 1 is 1.08 bits per heavy atom. The number of nitrogens with two attached hydrogens (primary N) is 1. The molecule has 3 atom stereocenters. The first kappa shape index (κ1) is 21.8. The first-order chi connectivity index (χ1) is 18.0. The number of fused-ring (bicyclic) bond motifs is 4. The number of halogens is 1. The van der Waals surface area contributed by atoms with Gasteiger partial charge in [-0.2, -0.15) is 0 Å². The van der Waals surface area contributed by atoms with Crippen LogP contribution >= 0.6 is 0 Å². The summed E-state index contributed by atoms with van der Waals surface area (Å²) < 4.78 is 22.8. The SMILES string of the molecule is CN(C(=O)c1cc2c(cc1F)nc(N)c1cncn12)[C@@H]1COc2cc([C@@H]3C[C@H]3c3ccccc3)ccc21. The average Bonchev–Trinajstić information content (AvgIpc) is 3.35. The van der Waals surface area contributed by atoms with Crippen molar-refractivity contribution in [2.24, 2.45) is 0 Å². The number of nitrogen functional groups attached to an aromatic ring is 1. The van der Waals surface area contributed by atoms with Crippen LogP contribution in [0.15, 0.2) is 73.2 Å². The Morgan fingerprint density at radius 3 is 2.73 bits per heavy atom. The number of anilines is 1. The highest BCUT2D eigenvalue weighted by atomic mass is 19.1. The molecular weight excluding hydrogens is 469 g/mol. The van der Waals surface area contributed by atoms with Gasteiger partial charge < -0.3 is 15.4 Å². The van der Waals surface area contributed by atoms with E-state index in [0.717, 1.165) is 17.7 Å². The third kappa shape index (κ3) is 3.43. The fourth-order valence-electron chi connectivity index (χ4n) is 5.59. The first-order valence-corrected chi connectivity index (χ1v) is 12.3. The number of likely N-dealkylation sites (N-methyl/N-ethyl adjacent to an activating group) is 1. The molecule has 0 unspecified atom stereocenters. The van der Waals surface area contributed by atoms with E-state index in [-0.39, 0.29) is 17.4 Å². The largest absolute Gasteiger partial charge is 0.491 e. The lowest BCUT2D eigenvalue weighted by Crippen LogP contribution is -2.32. The van der Waals surface area contributed by atoms with Crippen molar-refractivity contribution in [2.45, 2.75) is 24.3 Å². The minimum absolute atomic E-state index is 0.0367. The summed E-state index contributed by atoms with van der Waals surface area (Å²) in [6.07, 6.45) is 4.28. The third-order valence-corrected chi connectivity index (χ3v) is 7.72. The molecule has 3 heterocycles. The van der Waals surface area contributed by atoms with Crippen molar-refractivity contribution in [3.8, 4) is 5.75 Å². The highest BCUT2D eigenvalue weighted by molar-refractivity contribution is 5.98. The minimum atomic E-state index is -0.647. The molecule has 0 bridgehead atoms.